The fraction of sp³-hybridized carbons (Fsp3) is 0.143. The molecular weight excluding hydrogens is 293 g/mol. The maximum atomic E-state index is 13.6. The van der Waals surface area contributed by atoms with Gasteiger partial charge in [-0.2, -0.15) is 0 Å². The van der Waals surface area contributed by atoms with Crippen LogP contribution in [0.1, 0.15) is 18.5 Å². The van der Waals surface area contributed by atoms with Gasteiger partial charge in [-0.3, -0.25) is 0 Å². The molecule has 112 valence electrons. The summed E-state index contributed by atoms with van der Waals surface area (Å²) in [6.45, 7) is 1.34. The third-order valence-electron chi connectivity index (χ3n) is 2.92. The van der Waals surface area contributed by atoms with E-state index in [9.17, 15) is 22.0 Å². The van der Waals surface area contributed by atoms with E-state index in [-0.39, 0.29) is 17.4 Å². The number of phenolic OH excluding ortho intramolecular Hbond substituents is 1. The van der Waals surface area contributed by atoms with Crippen molar-refractivity contribution in [2.24, 2.45) is 0 Å². The van der Waals surface area contributed by atoms with Gasteiger partial charge in [0.05, 0.1) is 6.04 Å². The Balaban J connectivity index is 2.38. The monoisotopic (exact) mass is 303 g/mol. The summed E-state index contributed by atoms with van der Waals surface area (Å²) in [4.78, 5) is 0. The summed E-state index contributed by atoms with van der Waals surface area (Å²) >= 11 is 0. The summed E-state index contributed by atoms with van der Waals surface area (Å²) in [7, 11) is 0. The Bertz CT molecular complexity index is 663. The van der Waals surface area contributed by atoms with E-state index in [1.54, 1.807) is 0 Å². The normalized spacial score (nSPS) is 12.3. The highest BCUT2D eigenvalue weighted by molar-refractivity contribution is 5.49. The highest BCUT2D eigenvalue weighted by Gasteiger charge is 2.21. The molecule has 2 rings (SSSR count). The van der Waals surface area contributed by atoms with Crippen LogP contribution in [-0.2, 0) is 0 Å². The number of halogens is 5. The van der Waals surface area contributed by atoms with Crippen molar-refractivity contribution in [3.05, 3.63) is 58.9 Å². The topological polar surface area (TPSA) is 32.3 Å². The number of aromatic hydroxyl groups is 1. The second-order valence-electron chi connectivity index (χ2n) is 4.42. The number of hydrogen-bond donors (Lipinski definition) is 2. The number of phenols is 1. The lowest BCUT2D eigenvalue weighted by atomic mass is 10.1. The van der Waals surface area contributed by atoms with E-state index in [2.05, 4.69) is 5.32 Å². The Morgan fingerprint density at radius 3 is 2.00 bits per heavy atom. The Morgan fingerprint density at radius 1 is 0.905 bits per heavy atom. The highest BCUT2D eigenvalue weighted by Crippen LogP contribution is 2.29. The first-order chi connectivity index (χ1) is 9.81. The fourth-order valence-electron chi connectivity index (χ4n) is 1.86. The van der Waals surface area contributed by atoms with E-state index in [4.69, 9.17) is 5.11 Å². The van der Waals surface area contributed by atoms with Crippen LogP contribution in [0.15, 0.2) is 24.3 Å². The molecule has 2 nitrogen and oxygen atoms in total. The molecule has 0 saturated carbocycles. The van der Waals surface area contributed by atoms with Crippen molar-refractivity contribution in [3.8, 4) is 5.75 Å². The minimum atomic E-state index is -1.60. The van der Waals surface area contributed by atoms with E-state index >= 15 is 0 Å². The van der Waals surface area contributed by atoms with Crippen molar-refractivity contribution >= 4 is 5.69 Å². The van der Waals surface area contributed by atoms with Gasteiger partial charge >= 0.3 is 0 Å². The molecule has 0 saturated heterocycles. The van der Waals surface area contributed by atoms with Gasteiger partial charge in [-0.1, -0.05) is 6.07 Å². The Kier molecular flexibility index (Phi) is 4.02. The predicted octanol–water partition coefficient (Wildman–Crippen LogP) is 4.26. The van der Waals surface area contributed by atoms with Gasteiger partial charge < -0.3 is 10.4 Å². The summed E-state index contributed by atoms with van der Waals surface area (Å²) in [5.74, 6) is -7.46. The molecule has 2 N–H and O–H groups in total. The summed E-state index contributed by atoms with van der Waals surface area (Å²) in [6.07, 6.45) is 0. The molecule has 0 heterocycles. The van der Waals surface area contributed by atoms with Crippen molar-refractivity contribution < 1.29 is 27.1 Å². The average molecular weight is 303 g/mol. The zero-order chi connectivity index (χ0) is 15.7. The van der Waals surface area contributed by atoms with Gasteiger partial charge in [0, 0.05) is 17.7 Å². The highest BCUT2D eigenvalue weighted by atomic mass is 19.2. The average Bonchev–Trinajstić information content (AvgIpc) is 2.41. The van der Waals surface area contributed by atoms with Gasteiger partial charge in [-0.25, -0.2) is 22.0 Å². The second kappa shape index (κ2) is 5.59. The summed E-state index contributed by atoms with van der Waals surface area (Å²) in [6, 6.07) is 2.27. The molecule has 1 atom stereocenters. The van der Waals surface area contributed by atoms with Crippen molar-refractivity contribution in [2.75, 3.05) is 5.32 Å². The van der Waals surface area contributed by atoms with Crippen LogP contribution in [-0.4, -0.2) is 5.11 Å². The van der Waals surface area contributed by atoms with Gasteiger partial charge in [0.15, 0.2) is 23.3 Å². The third kappa shape index (κ3) is 2.91. The number of anilines is 1. The third-order valence-corrected chi connectivity index (χ3v) is 2.92. The maximum absolute atomic E-state index is 13.6. The van der Waals surface area contributed by atoms with Crippen LogP contribution in [0.25, 0.3) is 0 Å². The number of benzene rings is 2. The summed E-state index contributed by atoms with van der Waals surface area (Å²) in [5, 5.41) is 11.3. The SMILES string of the molecule is CC(Nc1c(F)c(F)cc(F)c1F)c1ccc(O)cc1F. The molecule has 0 aliphatic carbocycles. The molecule has 2 aromatic rings. The Labute approximate surface area is 116 Å². The molecule has 0 aromatic heterocycles. The molecule has 0 radical (unpaired) electrons. The van der Waals surface area contributed by atoms with Gasteiger partial charge in [-0.15, -0.1) is 0 Å². The van der Waals surface area contributed by atoms with Crippen LogP contribution in [0.4, 0.5) is 27.6 Å². The minimum absolute atomic E-state index is 0.0312. The van der Waals surface area contributed by atoms with Gasteiger partial charge in [0.25, 0.3) is 0 Å². The fourth-order valence-corrected chi connectivity index (χ4v) is 1.86. The Hall–Kier alpha value is -2.31. The molecule has 7 heteroatoms. The largest absolute Gasteiger partial charge is 0.508 e. The van der Waals surface area contributed by atoms with E-state index in [1.165, 1.54) is 19.1 Å². The molecular formula is C14H10F5NO. The number of hydrogen-bond acceptors (Lipinski definition) is 2. The van der Waals surface area contributed by atoms with Crippen LogP contribution >= 0.6 is 0 Å². The van der Waals surface area contributed by atoms with Crippen LogP contribution in [0.2, 0.25) is 0 Å². The Morgan fingerprint density at radius 2 is 1.48 bits per heavy atom. The van der Waals surface area contributed by atoms with Crippen molar-refractivity contribution in [1.82, 2.24) is 0 Å². The van der Waals surface area contributed by atoms with Crippen LogP contribution in [0.3, 0.4) is 0 Å². The van der Waals surface area contributed by atoms with Gasteiger partial charge in [0.1, 0.15) is 17.3 Å². The van der Waals surface area contributed by atoms with Crippen LogP contribution < -0.4 is 5.32 Å². The number of nitrogens with one attached hydrogen (secondary N) is 1. The van der Waals surface area contributed by atoms with Crippen molar-refractivity contribution in [1.29, 1.82) is 0 Å². The lowest BCUT2D eigenvalue weighted by Gasteiger charge is -2.18. The maximum Gasteiger partial charge on any atom is 0.185 e. The van der Waals surface area contributed by atoms with Crippen LogP contribution in [0, 0.1) is 29.1 Å². The molecule has 21 heavy (non-hydrogen) atoms. The molecule has 1 unspecified atom stereocenters. The lowest BCUT2D eigenvalue weighted by Crippen LogP contribution is -2.13. The zero-order valence-electron chi connectivity index (χ0n) is 10.7. The minimum Gasteiger partial charge on any atom is -0.508 e. The first kappa shape index (κ1) is 15.1. The lowest BCUT2D eigenvalue weighted by molar-refractivity contribution is 0.456. The molecule has 0 fully saturated rings. The molecule has 0 aliphatic rings. The zero-order valence-corrected chi connectivity index (χ0v) is 10.7. The van der Waals surface area contributed by atoms with Crippen molar-refractivity contribution in [2.45, 2.75) is 13.0 Å². The molecule has 0 amide bonds. The molecule has 0 spiro atoms. The summed E-state index contributed by atoms with van der Waals surface area (Å²) < 4.78 is 66.8. The van der Waals surface area contributed by atoms with Gasteiger partial charge in [0.2, 0.25) is 0 Å². The van der Waals surface area contributed by atoms with Crippen molar-refractivity contribution in [3.63, 3.8) is 0 Å². The molecule has 0 aliphatic heterocycles. The first-order valence-corrected chi connectivity index (χ1v) is 5.89. The second-order valence-corrected chi connectivity index (χ2v) is 4.42. The van der Waals surface area contributed by atoms with E-state index in [0.717, 1.165) is 6.07 Å². The first-order valence-electron chi connectivity index (χ1n) is 5.89. The van der Waals surface area contributed by atoms with Gasteiger partial charge in [-0.05, 0) is 13.0 Å². The van der Waals surface area contributed by atoms with Crippen LogP contribution in [0.5, 0.6) is 5.75 Å². The predicted molar refractivity (Wildman–Crippen MR) is 66.4 cm³/mol. The quantitative estimate of drug-likeness (QED) is 0.656. The number of rotatable bonds is 3. The van der Waals surface area contributed by atoms with E-state index < -0.39 is 40.8 Å². The molecule has 2 aromatic carbocycles. The molecule has 0 bridgehead atoms. The summed E-state index contributed by atoms with van der Waals surface area (Å²) in [5.41, 5.74) is -1.05. The van der Waals surface area contributed by atoms with E-state index in [0.29, 0.717) is 0 Å². The standard InChI is InChI=1S/C14H10F5NO/c1-6(8-3-2-7(21)4-9(8)15)20-14-12(18)10(16)5-11(17)13(14)19/h2-6,20-21H,1H3. The van der Waals surface area contributed by atoms with E-state index in [1.807, 2.05) is 0 Å². The smallest absolute Gasteiger partial charge is 0.185 e.